The van der Waals surface area contributed by atoms with Crippen LogP contribution in [0, 0.1) is 0 Å². The van der Waals surface area contributed by atoms with E-state index in [9.17, 15) is 8.42 Å². The van der Waals surface area contributed by atoms with Crippen LogP contribution in [-0.2, 0) is 9.24 Å². The van der Waals surface area contributed by atoms with Crippen molar-refractivity contribution in [2.45, 2.75) is 32.7 Å². The second kappa shape index (κ2) is 3.07. The maximum atomic E-state index is 10.5. The van der Waals surface area contributed by atoms with E-state index >= 15 is 0 Å². The fourth-order valence-corrected chi connectivity index (χ4v) is 1.83. The van der Waals surface area contributed by atoms with Gasteiger partial charge in [-0.15, -0.1) is 0 Å². The summed E-state index contributed by atoms with van der Waals surface area (Å²) in [6.07, 6.45) is 0.707. The number of hydrogen-bond donors (Lipinski definition) is 1. The highest BCUT2D eigenvalue weighted by Gasteiger charge is 2.20. The smallest absolute Gasteiger partial charge is 0.196 e. The predicted octanol–water partition coefficient (Wildman–Crippen LogP) is 1.25. The van der Waals surface area contributed by atoms with Gasteiger partial charge in [-0.2, -0.15) is 13.1 Å². The highest BCUT2D eigenvalue weighted by molar-refractivity contribution is 8.12. The fourth-order valence-electron chi connectivity index (χ4n) is 0.402. The number of rotatable bonds is 3. The lowest BCUT2D eigenvalue weighted by molar-refractivity contribution is 0.444. The Morgan fingerprint density at radius 3 is 2.00 bits per heavy atom. The van der Waals surface area contributed by atoms with Crippen LogP contribution < -0.4 is 4.72 Å². The van der Waals surface area contributed by atoms with Crippen LogP contribution in [0.3, 0.4) is 0 Å². The number of nitrogens with one attached hydrogen (secondary N) is 1. The molecule has 0 bridgehead atoms. The van der Waals surface area contributed by atoms with E-state index in [-0.39, 0.29) is 0 Å². The summed E-state index contributed by atoms with van der Waals surface area (Å²) in [5.41, 5.74) is -0.444. The van der Waals surface area contributed by atoms with Crippen molar-refractivity contribution < 1.29 is 8.42 Å². The van der Waals surface area contributed by atoms with Crippen LogP contribution in [0.15, 0.2) is 0 Å². The van der Waals surface area contributed by atoms with Gasteiger partial charge in [0.15, 0.2) is 0 Å². The first-order valence-corrected chi connectivity index (χ1v) is 5.31. The van der Waals surface area contributed by atoms with Gasteiger partial charge in [0.05, 0.1) is 0 Å². The van der Waals surface area contributed by atoms with Crippen LogP contribution in [0.1, 0.15) is 27.2 Å². The molecule has 0 aliphatic rings. The van der Waals surface area contributed by atoms with E-state index in [0.717, 1.165) is 0 Å². The molecule has 1 N–H and O–H groups in total. The van der Waals surface area contributed by atoms with E-state index in [2.05, 4.69) is 4.72 Å². The molecule has 0 spiro atoms. The largest absolute Gasteiger partial charge is 0.297 e. The topological polar surface area (TPSA) is 46.2 Å². The zero-order valence-electron chi connectivity index (χ0n) is 6.31. The minimum atomic E-state index is -3.57. The summed E-state index contributed by atoms with van der Waals surface area (Å²) < 4.78 is 23.2. The van der Waals surface area contributed by atoms with Gasteiger partial charge in [0, 0.05) is 16.2 Å². The Bertz CT molecular complexity index is 198. The molecule has 62 valence electrons. The van der Waals surface area contributed by atoms with Gasteiger partial charge in [-0.25, -0.2) is 0 Å². The first-order chi connectivity index (χ1) is 4.27. The third-order valence-corrected chi connectivity index (χ3v) is 2.31. The zero-order valence-corrected chi connectivity index (χ0v) is 7.88. The normalized spacial score (nSPS) is 13.6. The summed E-state index contributed by atoms with van der Waals surface area (Å²) in [5.74, 6) is 0. The van der Waals surface area contributed by atoms with Gasteiger partial charge in [-0.05, 0) is 20.3 Å². The molecule has 10 heavy (non-hydrogen) atoms. The molecule has 0 saturated carbocycles. The van der Waals surface area contributed by atoms with E-state index < -0.39 is 14.8 Å². The van der Waals surface area contributed by atoms with Crippen LogP contribution in [0.4, 0.5) is 0 Å². The molecule has 0 unspecified atom stereocenters. The molecule has 0 atom stereocenters. The summed E-state index contributed by atoms with van der Waals surface area (Å²) >= 11 is 0. The van der Waals surface area contributed by atoms with Crippen molar-refractivity contribution in [2.75, 3.05) is 0 Å². The van der Waals surface area contributed by atoms with Gasteiger partial charge in [-0.1, -0.05) is 6.92 Å². The Hall–Kier alpha value is 0.200. The first kappa shape index (κ1) is 10.2. The molecule has 0 saturated heterocycles. The molecule has 3 nitrogen and oxygen atoms in total. The van der Waals surface area contributed by atoms with Gasteiger partial charge < -0.3 is 0 Å². The van der Waals surface area contributed by atoms with Crippen LogP contribution in [0.2, 0.25) is 0 Å². The van der Waals surface area contributed by atoms with Crippen LogP contribution in [0.5, 0.6) is 0 Å². The van der Waals surface area contributed by atoms with Gasteiger partial charge in [-0.3, -0.25) is 0 Å². The quantitative estimate of drug-likeness (QED) is 0.673. The Labute approximate surface area is 66.3 Å². The molecule has 5 heteroatoms. The summed E-state index contributed by atoms with van der Waals surface area (Å²) in [6, 6.07) is 0. The summed E-state index contributed by atoms with van der Waals surface area (Å²) in [5, 5.41) is 0. The van der Waals surface area contributed by atoms with Crippen LogP contribution >= 0.6 is 10.7 Å². The molecule has 0 aromatic heterocycles. The van der Waals surface area contributed by atoms with Crippen molar-refractivity contribution in [3.8, 4) is 0 Å². The SMILES string of the molecule is CCC(C)(C)NS(=O)(=O)Cl. The summed E-state index contributed by atoms with van der Waals surface area (Å²) in [4.78, 5) is 0. The molecule has 0 rings (SSSR count). The van der Waals surface area contributed by atoms with E-state index in [4.69, 9.17) is 10.7 Å². The maximum Gasteiger partial charge on any atom is 0.297 e. The van der Waals surface area contributed by atoms with Crippen molar-refractivity contribution in [1.29, 1.82) is 0 Å². The van der Waals surface area contributed by atoms with Crippen LogP contribution in [-0.4, -0.2) is 14.0 Å². The van der Waals surface area contributed by atoms with Gasteiger partial charge in [0.2, 0.25) is 0 Å². The second-order valence-electron chi connectivity index (χ2n) is 2.78. The molecule has 0 aliphatic carbocycles. The molecule has 0 fully saturated rings. The molecule has 0 amide bonds. The maximum absolute atomic E-state index is 10.5. The van der Waals surface area contributed by atoms with Gasteiger partial charge >= 0.3 is 0 Å². The van der Waals surface area contributed by atoms with Crippen LogP contribution in [0.25, 0.3) is 0 Å². The highest BCUT2D eigenvalue weighted by Crippen LogP contribution is 2.09. The number of hydrogen-bond acceptors (Lipinski definition) is 2. The van der Waals surface area contributed by atoms with Crippen molar-refractivity contribution in [1.82, 2.24) is 4.72 Å². The average Bonchev–Trinajstić information content (AvgIpc) is 1.60. The zero-order chi connectivity index (χ0) is 8.41. The Morgan fingerprint density at radius 2 is 1.90 bits per heavy atom. The lowest BCUT2D eigenvalue weighted by atomic mass is 10.0. The molecular formula is C5H12ClNO2S. The molecule has 0 heterocycles. The standard InChI is InChI=1S/C5H12ClNO2S/c1-4-5(2,3)7-10(6,8)9/h7H,4H2,1-3H3. The molecular weight excluding hydrogens is 174 g/mol. The van der Waals surface area contributed by atoms with Crippen molar-refractivity contribution in [3.63, 3.8) is 0 Å². The third-order valence-electron chi connectivity index (χ3n) is 1.28. The molecule has 0 aromatic rings. The third kappa shape index (κ3) is 5.02. The van der Waals surface area contributed by atoms with Gasteiger partial charge in [0.25, 0.3) is 9.24 Å². The second-order valence-corrected chi connectivity index (χ2v) is 5.08. The van der Waals surface area contributed by atoms with E-state index in [1.807, 2.05) is 6.92 Å². The Kier molecular flexibility index (Phi) is 3.13. The van der Waals surface area contributed by atoms with E-state index in [1.54, 1.807) is 13.8 Å². The number of halogens is 1. The van der Waals surface area contributed by atoms with Crippen molar-refractivity contribution >= 4 is 19.9 Å². The lowest BCUT2D eigenvalue weighted by Gasteiger charge is -2.21. The molecule has 0 aliphatic heterocycles. The monoisotopic (exact) mass is 185 g/mol. The Balaban J connectivity index is 4.16. The summed E-state index contributed by atoms with van der Waals surface area (Å²) in [6.45, 7) is 5.43. The van der Waals surface area contributed by atoms with E-state index in [0.29, 0.717) is 6.42 Å². The predicted molar refractivity (Wildman–Crippen MR) is 42.3 cm³/mol. The minimum Gasteiger partial charge on any atom is -0.196 e. The summed E-state index contributed by atoms with van der Waals surface area (Å²) in [7, 11) is 1.39. The van der Waals surface area contributed by atoms with Crippen molar-refractivity contribution in [2.24, 2.45) is 0 Å². The van der Waals surface area contributed by atoms with Gasteiger partial charge in [0.1, 0.15) is 0 Å². The fraction of sp³-hybridized carbons (Fsp3) is 1.00. The average molecular weight is 186 g/mol. The first-order valence-electron chi connectivity index (χ1n) is 3.00. The molecule has 0 radical (unpaired) electrons. The Morgan fingerprint density at radius 1 is 1.50 bits per heavy atom. The van der Waals surface area contributed by atoms with E-state index in [1.165, 1.54) is 0 Å². The minimum absolute atomic E-state index is 0.444. The van der Waals surface area contributed by atoms with Crippen molar-refractivity contribution in [3.05, 3.63) is 0 Å². The lowest BCUT2D eigenvalue weighted by Crippen LogP contribution is -2.40. The highest BCUT2D eigenvalue weighted by atomic mass is 35.7. The molecule has 0 aromatic carbocycles.